The Balaban J connectivity index is 1.80. The summed E-state index contributed by atoms with van der Waals surface area (Å²) in [5, 5.41) is 6.25. The fraction of sp³-hybridized carbons (Fsp3) is 0.533. The Labute approximate surface area is 113 Å². The van der Waals surface area contributed by atoms with Crippen LogP contribution in [0, 0.1) is 17.7 Å². The quantitative estimate of drug-likeness (QED) is 0.869. The summed E-state index contributed by atoms with van der Waals surface area (Å²) in [4.78, 5) is 11.8. The van der Waals surface area contributed by atoms with Crippen molar-refractivity contribution in [2.24, 2.45) is 11.8 Å². The monoisotopic (exact) mass is 264 g/mol. The molecule has 1 amide bonds. The number of carbonyl (C=O) groups excluding carboxylic acids is 1. The largest absolute Gasteiger partial charge is 0.355 e. The van der Waals surface area contributed by atoms with E-state index < -0.39 is 0 Å². The summed E-state index contributed by atoms with van der Waals surface area (Å²) < 4.78 is 13.4. The van der Waals surface area contributed by atoms with Crippen LogP contribution in [0.2, 0.25) is 0 Å². The van der Waals surface area contributed by atoms with Crippen molar-refractivity contribution >= 4 is 5.91 Å². The van der Waals surface area contributed by atoms with E-state index in [1.807, 2.05) is 0 Å². The summed E-state index contributed by atoms with van der Waals surface area (Å²) >= 11 is 0. The summed E-state index contributed by atoms with van der Waals surface area (Å²) in [5.41, 5.74) is 0.454. The summed E-state index contributed by atoms with van der Waals surface area (Å²) in [6.45, 7) is 4.89. The maximum atomic E-state index is 13.4. The number of amides is 1. The van der Waals surface area contributed by atoms with Crippen LogP contribution in [0.3, 0.4) is 0 Å². The molecule has 0 spiro atoms. The van der Waals surface area contributed by atoms with Crippen LogP contribution in [0.25, 0.3) is 0 Å². The number of piperidine rings is 1. The first-order valence-corrected chi connectivity index (χ1v) is 6.87. The van der Waals surface area contributed by atoms with Crippen LogP contribution in [0.4, 0.5) is 4.39 Å². The predicted molar refractivity (Wildman–Crippen MR) is 73.3 cm³/mol. The molecule has 3 nitrogen and oxygen atoms in total. The highest BCUT2D eigenvalue weighted by atomic mass is 19.1. The minimum atomic E-state index is -0.314. The van der Waals surface area contributed by atoms with Crippen LogP contribution in [0.15, 0.2) is 24.3 Å². The van der Waals surface area contributed by atoms with Crippen molar-refractivity contribution in [3.05, 3.63) is 35.6 Å². The van der Waals surface area contributed by atoms with Gasteiger partial charge in [0, 0.05) is 6.54 Å². The molecule has 2 N–H and O–H groups in total. The van der Waals surface area contributed by atoms with Crippen LogP contribution >= 0.6 is 0 Å². The second kappa shape index (κ2) is 6.66. The van der Waals surface area contributed by atoms with Gasteiger partial charge in [-0.1, -0.05) is 25.1 Å². The van der Waals surface area contributed by atoms with Crippen molar-refractivity contribution in [3.63, 3.8) is 0 Å². The topological polar surface area (TPSA) is 41.1 Å². The van der Waals surface area contributed by atoms with Crippen LogP contribution in [0.5, 0.6) is 0 Å². The van der Waals surface area contributed by atoms with Gasteiger partial charge < -0.3 is 10.6 Å². The van der Waals surface area contributed by atoms with Gasteiger partial charge in [-0.05, 0) is 43.0 Å². The highest BCUT2D eigenvalue weighted by Crippen LogP contribution is 2.17. The van der Waals surface area contributed by atoms with E-state index in [-0.39, 0.29) is 18.1 Å². The molecule has 0 aromatic heterocycles. The molecular weight excluding hydrogens is 243 g/mol. The lowest BCUT2D eigenvalue weighted by Crippen LogP contribution is -2.42. The zero-order valence-electron chi connectivity index (χ0n) is 11.3. The van der Waals surface area contributed by atoms with Gasteiger partial charge in [-0.15, -0.1) is 0 Å². The second-order valence-corrected chi connectivity index (χ2v) is 5.30. The number of carbonyl (C=O) groups is 1. The standard InChI is InChI=1S/C15H21FN2O/c1-11-6-7-17-9-13(11)10-18-15(19)8-12-4-2-3-5-14(12)16/h2-5,11,13,17H,6-10H2,1H3,(H,18,19). The Morgan fingerprint density at radius 3 is 3.00 bits per heavy atom. The average molecular weight is 264 g/mol. The number of rotatable bonds is 4. The van der Waals surface area contributed by atoms with Gasteiger partial charge >= 0.3 is 0 Å². The van der Waals surface area contributed by atoms with Gasteiger partial charge in [0.2, 0.25) is 5.91 Å². The molecule has 1 fully saturated rings. The molecule has 1 saturated heterocycles. The third-order valence-corrected chi connectivity index (χ3v) is 3.86. The lowest BCUT2D eigenvalue weighted by molar-refractivity contribution is -0.120. The SMILES string of the molecule is CC1CCNCC1CNC(=O)Cc1ccccc1F. The number of hydrogen-bond acceptors (Lipinski definition) is 2. The van der Waals surface area contributed by atoms with E-state index in [2.05, 4.69) is 17.6 Å². The van der Waals surface area contributed by atoms with Crippen LogP contribution < -0.4 is 10.6 Å². The molecule has 2 atom stereocenters. The molecule has 1 aromatic carbocycles. The number of hydrogen-bond donors (Lipinski definition) is 2. The molecule has 4 heteroatoms. The fourth-order valence-corrected chi connectivity index (χ4v) is 2.45. The Hall–Kier alpha value is -1.42. The van der Waals surface area contributed by atoms with Gasteiger partial charge in [-0.25, -0.2) is 4.39 Å². The average Bonchev–Trinajstić information content (AvgIpc) is 2.40. The fourth-order valence-electron chi connectivity index (χ4n) is 2.45. The van der Waals surface area contributed by atoms with Crippen molar-refractivity contribution in [1.29, 1.82) is 0 Å². The first kappa shape index (κ1) is 14.0. The molecule has 1 heterocycles. The van der Waals surface area contributed by atoms with Crippen LogP contribution in [-0.4, -0.2) is 25.5 Å². The van der Waals surface area contributed by atoms with E-state index in [0.29, 0.717) is 23.9 Å². The minimum absolute atomic E-state index is 0.108. The Morgan fingerprint density at radius 1 is 1.47 bits per heavy atom. The molecule has 0 saturated carbocycles. The van der Waals surface area contributed by atoms with Gasteiger partial charge in [0.1, 0.15) is 5.82 Å². The van der Waals surface area contributed by atoms with Gasteiger partial charge in [0.05, 0.1) is 6.42 Å². The molecule has 19 heavy (non-hydrogen) atoms. The first-order valence-electron chi connectivity index (χ1n) is 6.87. The van der Waals surface area contributed by atoms with E-state index in [4.69, 9.17) is 0 Å². The number of halogens is 1. The van der Waals surface area contributed by atoms with Crippen molar-refractivity contribution < 1.29 is 9.18 Å². The molecule has 0 aliphatic carbocycles. The first-order chi connectivity index (χ1) is 9.16. The normalized spacial score (nSPS) is 23.1. The zero-order chi connectivity index (χ0) is 13.7. The summed E-state index contributed by atoms with van der Waals surface area (Å²) in [6.07, 6.45) is 1.26. The maximum absolute atomic E-state index is 13.4. The van der Waals surface area contributed by atoms with Gasteiger partial charge in [-0.2, -0.15) is 0 Å². The number of benzene rings is 1. The predicted octanol–water partition coefficient (Wildman–Crippen LogP) is 1.73. The smallest absolute Gasteiger partial charge is 0.224 e. The highest BCUT2D eigenvalue weighted by Gasteiger charge is 2.21. The van der Waals surface area contributed by atoms with Crippen molar-refractivity contribution in [3.8, 4) is 0 Å². The third-order valence-electron chi connectivity index (χ3n) is 3.86. The van der Waals surface area contributed by atoms with Crippen LogP contribution in [0.1, 0.15) is 18.9 Å². The van der Waals surface area contributed by atoms with E-state index in [1.165, 1.54) is 6.07 Å². The van der Waals surface area contributed by atoms with E-state index in [1.54, 1.807) is 18.2 Å². The highest BCUT2D eigenvalue weighted by molar-refractivity contribution is 5.78. The zero-order valence-corrected chi connectivity index (χ0v) is 11.3. The van der Waals surface area contributed by atoms with Crippen LogP contribution in [-0.2, 0) is 11.2 Å². The lowest BCUT2D eigenvalue weighted by atomic mass is 9.88. The molecule has 0 radical (unpaired) electrons. The molecule has 2 unspecified atom stereocenters. The Bertz CT molecular complexity index is 436. The molecule has 0 bridgehead atoms. The minimum Gasteiger partial charge on any atom is -0.355 e. The summed E-state index contributed by atoms with van der Waals surface area (Å²) in [7, 11) is 0. The second-order valence-electron chi connectivity index (χ2n) is 5.30. The van der Waals surface area contributed by atoms with Crippen molar-refractivity contribution in [2.45, 2.75) is 19.8 Å². The molecular formula is C15H21FN2O. The van der Waals surface area contributed by atoms with E-state index >= 15 is 0 Å². The molecule has 2 rings (SSSR count). The molecule has 1 aromatic rings. The van der Waals surface area contributed by atoms with Crippen molar-refractivity contribution in [1.82, 2.24) is 10.6 Å². The van der Waals surface area contributed by atoms with Gasteiger partial charge in [-0.3, -0.25) is 4.79 Å². The van der Waals surface area contributed by atoms with Crippen molar-refractivity contribution in [2.75, 3.05) is 19.6 Å². The Morgan fingerprint density at radius 2 is 2.26 bits per heavy atom. The van der Waals surface area contributed by atoms with E-state index in [0.717, 1.165) is 19.5 Å². The van der Waals surface area contributed by atoms with E-state index in [9.17, 15) is 9.18 Å². The Kier molecular flexibility index (Phi) is 4.91. The third kappa shape index (κ3) is 4.03. The summed E-state index contributed by atoms with van der Waals surface area (Å²) in [5.74, 6) is 0.668. The number of nitrogens with one attached hydrogen (secondary N) is 2. The molecule has 1 aliphatic heterocycles. The summed E-state index contributed by atoms with van der Waals surface area (Å²) in [6, 6.07) is 6.42. The molecule has 104 valence electrons. The maximum Gasteiger partial charge on any atom is 0.224 e. The van der Waals surface area contributed by atoms with Gasteiger partial charge in [0.25, 0.3) is 0 Å². The van der Waals surface area contributed by atoms with Gasteiger partial charge in [0.15, 0.2) is 0 Å². The lowest BCUT2D eigenvalue weighted by Gasteiger charge is -2.29. The molecule has 1 aliphatic rings.